The number of nitrogens with one attached hydrogen (secondary N) is 1. The molecule has 0 heterocycles. The van der Waals surface area contributed by atoms with Gasteiger partial charge in [0.1, 0.15) is 0 Å². The second-order valence-electron chi connectivity index (χ2n) is 4.76. The van der Waals surface area contributed by atoms with Gasteiger partial charge < -0.3 is 4.74 Å². The maximum absolute atomic E-state index is 12.4. The van der Waals surface area contributed by atoms with E-state index in [0.717, 1.165) is 9.99 Å². The fourth-order valence-corrected chi connectivity index (χ4v) is 4.82. The Morgan fingerprint density at radius 1 is 1.40 bits per heavy atom. The standard InChI is InChI=1S/C13H16INO4S/c1-19-13(16)11-6-3-7-12(11)20(17,18)15-10-5-2-4-9(14)8-10/h2,4-5,8,11-12,15H,3,6-7H2,1H3. The van der Waals surface area contributed by atoms with Crippen molar-refractivity contribution >= 4 is 44.3 Å². The molecule has 1 aromatic carbocycles. The first-order valence-electron chi connectivity index (χ1n) is 6.29. The van der Waals surface area contributed by atoms with Crippen molar-refractivity contribution in [2.45, 2.75) is 24.5 Å². The van der Waals surface area contributed by atoms with Crippen molar-refractivity contribution in [3.05, 3.63) is 27.8 Å². The van der Waals surface area contributed by atoms with Gasteiger partial charge in [-0.3, -0.25) is 9.52 Å². The van der Waals surface area contributed by atoms with Crippen molar-refractivity contribution in [2.75, 3.05) is 11.8 Å². The van der Waals surface area contributed by atoms with E-state index in [1.54, 1.807) is 18.2 Å². The second-order valence-corrected chi connectivity index (χ2v) is 7.90. The van der Waals surface area contributed by atoms with Gasteiger partial charge in [0.2, 0.25) is 10.0 Å². The normalized spacial score (nSPS) is 22.5. The summed E-state index contributed by atoms with van der Waals surface area (Å²) >= 11 is 2.12. The van der Waals surface area contributed by atoms with Gasteiger partial charge in [-0.2, -0.15) is 0 Å². The third-order valence-electron chi connectivity index (χ3n) is 3.44. The Morgan fingerprint density at radius 2 is 2.15 bits per heavy atom. The van der Waals surface area contributed by atoms with E-state index in [2.05, 4.69) is 27.3 Å². The topological polar surface area (TPSA) is 72.5 Å². The van der Waals surface area contributed by atoms with Gasteiger partial charge in [0, 0.05) is 9.26 Å². The van der Waals surface area contributed by atoms with Crippen molar-refractivity contribution in [1.29, 1.82) is 0 Å². The molecule has 2 rings (SSSR count). The predicted octanol–water partition coefficient (Wildman–Crippen LogP) is 2.37. The van der Waals surface area contributed by atoms with E-state index in [9.17, 15) is 13.2 Å². The Balaban J connectivity index is 2.19. The summed E-state index contributed by atoms with van der Waals surface area (Å²) < 4.78 is 33.1. The van der Waals surface area contributed by atoms with E-state index < -0.39 is 27.2 Å². The number of carbonyl (C=O) groups is 1. The van der Waals surface area contributed by atoms with Gasteiger partial charge >= 0.3 is 5.97 Å². The van der Waals surface area contributed by atoms with E-state index >= 15 is 0 Å². The lowest BCUT2D eigenvalue weighted by atomic mass is 10.1. The van der Waals surface area contributed by atoms with Crippen molar-refractivity contribution in [1.82, 2.24) is 0 Å². The summed E-state index contributed by atoms with van der Waals surface area (Å²) in [5, 5.41) is -0.715. The lowest BCUT2D eigenvalue weighted by Gasteiger charge is -2.19. The van der Waals surface area contributed by atoms with Crippen LogP contribution in [0.25, 0.3) is 0 Å². The smallest absolute Gasteiger partial charge is 0.310 e. The van der Waals surface area contributed by atoms with E-state index in [0.29, 0.717) is 18.5 Å². The molecule has 0 saturated heterocycles. The average Bonchev–Trinajstić information content (AvgIpc) is 2.87. The summed E-state index contributed by atoms with van der Waals surface area (Å²) in [4.78, 5) is 11.7. The zero-order valence-electron chi connectivity index (χ0n) is 11.0. The summed E-state index contributed by atoms with van der Waals surface area (Å²) in [5.74, 6) is -1.01. The SMILES string of the molecule is COC(=O)C1CCCC1S(=O)(=O)Nc1cccc(I)c1. The Kier molecular flexibility index (Phi) is 4.90. The summed E-state index contributed by atoms with van der Waals surface area (Å²) in [6.45, 7) is 0. The molecule has 0 amide bonds. The minimum atomic E-state index is -3.59. The molecule has 7 heteroatoms. The highest BCUT2D eigenvalue weighted by atomic mass is 127. The van der Waals surface area contributed by atoms with Crippen LogP contribution in [0, 0.1) is 9.49 Å². The van der Waals surface area contributed by atoms with Crippen LogP contribution in [0.1, 0.15) is 19.3 Å². The molecular formula is C13H16INO4S. The van der Waals surface area contributed by atoms with E-state index in [1.165, 1.54) is 7.11 Å². The largest absolute Gasteiger partial charge is 0.469 e. The molecule has 1 aromatic rings. The van der Waals surface area contributed by atoms with Crippen LogP contribution in [-0.4, -0.2) is 26.7 Å². The van der Waals surface area contributed by atoms with Crippen LogP contribution in [0.2, 0.25) is 0 Å². The first-order chi connectivity index (χ1) is 9.44. The molecule has 20 heavy (non-hydrogen) atoms. The first kappa shape index (κ1) is 15.6. The molecule has 1 aliphatic rings. The number of benzene rings is 1. The molecule has 1 fully saturated rings. The van der Waals surface area contributed by atoms with Gasteiger partial charge in [-0.05, 0) is 53.6 Å². The zero-order valence-corrected chi connectivity index (χ0v) is 14.0. The molecular weight excluding hydrogens is 393 g/mol. The third-order valence-corrected chi connectivity index (χ3v) is 5.99. The Morgan fingerprint density at radius 3 is 2.80 bits per heavy atom. The number of sulfonamides is 1. The summed E-state index contributed by atoms with van der Waals surface area (Å²) in [6.07, 6.45) is 1.77. The quantitative estimate of drug-likeness (QED) is 0.613. The number of rotatable bonds is 4. The lowest BCUT2D eigenvalue weighted by molar-refractivity contribution is -0.145. The van der Waals surface area contributed by atoms with Crippen LogP contribution in [0.3, 0.4) is 0 Å². The fourth-order valence-electron chi connectivity index (χ4n) is 2.51. The maximum atomic E-state index is 12.4. The number of methoxy groups -OCH3 is 1. The number of ether oxygens (including phenoxy) is 1. The number of esters is 1. The van der Waals surface area contributed by atoms with Crippen molar-refractivity contribution in [3.63, 3.8) is 0 Å². The van der Waals surface area contributed by atoms with E-state index in [4.69, 9.17) is 4.74 Å². The molecule has 110 valence electrons. The molecule has 1 N–H and O–H groups in total. The summed E-state index contributed by atoms with van der Waals surface area (Å²) in [6, 6.07) is 7.11. The number of anilines is 1. The highest BCUT2D eigenvalue weighted by Crippen LogP contribution is 2.33. The summed E-state index contributed by atoms with van der Waals surface area (Å²) in [7, 11) is -2.30. The highest BCUT2D eigenvalue weighted by Gasteiger charge is 2.42. The van der Waals surface area contributed by atoms with Crippen LogP contribution in [0.5, 0.6) is 0 Å². The number of hydrogen-bond donors (Lipinski definition) is 1. The molecule has 0 aromatic heterocycles. The third kappa shape index (κ3) is 3.43. The Hall–Kier alpha value is -0.830. The molecule has 2 unspecified atom stereocenters. The molecule has 0 bridgehead atoms. The fraction of sp³-hybridized carbons (Fsp3) is 0.462. The Bertz CT molecular complexity index is 602. The monoisotopic (exact) mass is 409 g/mol. The van der Waals surface area contributed by atoms with Gasteiger partial charge in [-0.15, -0.1) is 0 Å². The van der Waals surface area contributed by atoms with Gasteiger partial charge in [-0.1, -0.05) is 12.5 Å². The maximum Gasteiger partial charge on any atom is 0.310 e. The Labute approximate surface area is 132 Å². The average molecular weight is 409 g/mol. The minimum Gasteiger partial charge on any atom is -0.469 e. The molecule has 0 aliphatic heterocycles. The lowest BCUT2D eigenvalue weighted by Crippen LogP contribution is -2.35. The number of hydrogen-bond acceptors (Lipinski definition) is 4. The predicted molar refractivity (Wildman–Crippen MR) is 84.8 cm³/mol. The molecule has 2 atom stereocenters. The second kappa shape index (κ2) is 6.30. The van der Waals surface area contributed by atoms with Crippen LogP contribution in [-0.2, 0) is 19.6 Å². The van der Waals surface area contributed by atoms with Gasteiger partial charge in [-0.25, -0.2) is 8.42 Å². The van der Waals surface area contributed by atoms with Crippen LogP contribution in [0.15, 0.2) is 24.3 Å². The van der Waals surface area contributed by atoms with Gasteiger partial charge in [0.25, 0.3) is 0 Å². The summed E-state index contributed by atoms with van der Waals surface area (Å²) in [5.41, 5.74) is 0.521. The number of halogens is 1. The van der Waals surface area contributed by atoms with E-state index in [-0.39, 0.29) is 0 Å². The molecule has 0 radical (unpaired) electrons. The highest BCUT2D eigenvalue weighted by molar-refractivity contribution is 14.1. The van der Waals surface area contributed by atoms with Crippen LogP contribution in [0.4, 0.5) is 5.69 Å². The van der Waals surface area contributed by atoms with E-state index in [1.807, 2.05) is 6.07 Å². The first-order valence-corrected chi connectivity index (χ1v) is 8.91. The van der Waals surface area contributed by atoms with Crippen molar-refractivity contribution < 1.29 is 17.9 Å². The van der Waals surface area contributed by atoms with Gasteiger partial charge in [0.15, 0.2) is 0 Å². The minimum absolute atomic E-state index is 0.444. The zero-order chi connectivity index (χ0) is 14.8. The molecule has 5 nitrogen and oxygen atoms in total. The van der Waals surface area contributed by atoms with Crippen LogP contribution >= 0.6 is 22.6 Å². The van der Waals surface area contributed by atoms with Crippen molar-refractivity contribution in [2.24, 2.45) is 5.92 Å². The van der Waals surface area contributed by atoms with Crippen molar-refractivity contribution in [3.8, 4) is 0 Å². The van der Waals surface area contributed by atoms with Crippen LogP contribution < -0.4 is 4.72 Å². The molecule has 1 saturated carbocycles. The van der Waals surface area contributed by atoms with Gasteiger partial charge in [0.05, 0.1) is 18.3 Å². The molecule has 1 aliphatic carbocycles. The molecule has 0 spiro atoms. The number of carbonyl (C=O) groups excluding carboxylic acids is 1.